The number of carbonyl (C=O) groups is 2. The third kappa shape index (κ3) is 6.70. The van der Waals surface area contributed by atoms with E-state index < -0.39 is 0 Å². The molecule has 0 saturated carbocycles. The number of hydrogen-bond acceptors (Lipinski definition) is 3. The maximum atomic E-state index is 13.8. The van der Waals surface area contributed by atoms with Crippen LogP contribution in [-0.2, 0) is 11.2 Å². The first-order valence-corrected chi connectivity index (χ1v) is 11.5. The van der Waals surface area contributed by atoms with Crippen LogP contribution in [0.15, 0.2) is 42.5 Å². The van der Waals surface area contributed by atoms with Gasteiger partial charge >= 0.3 is 6.03 Å². The number of halogens is 1. The number of urea groups is 1. The molecule has 178 valence electrons. The van der Waals surface area contributed by atoms with Crippen molar-refractivity contribution in [2.75, 3.05) is 26.7 Å². The van der Waals surface area contributed by atoms with Crippen molar-refractivity contribution in [1.82, 2.24) is 15.5 Å². The number of likely N-dealkylation sites (tertiary alicyclic amines) is 1. The molecule has 2 atom stereocenters. The molecule has 0 aliphatic carbocycles. The summed E-state index contributed by atoms with van der Waals surface area (Å²) in [7, 11) is 1.63. The zero-order valence-electron chi connectivity index (χ0n) is 19.9. The molecule has 1 aliphatic rings. The van der Waals surface area contributed by atoms with E-state index in [2.05, 4.69) is 10.6 Å². The number of aryl methyl sites for hydroxylation is 1. The topological polar surface area (TPSA) is 70.7 Å². The molecule has 1 heterocycles. The lowest BCUT2D eigenvalue weighted by Crippen LogP contribution is -2.52. The molecule has 1 aliphatic heterocycles. The Morgan fingerprint density at radius 1 is 1.15 bits per heavy atom. The molecule has 6 nitrogen and oxygen atoms in total. The monoisotopic (exact) mass is 455 g/mol. The van der Waals surface area contributed by atoms with Crippen LogP contribution < -0.4 is 15.4 Å². The van der Waals surface area contributed by atoms with E-state index in [0.717, 1.165) is 16.9 Å². The number of rotatable bonds is 7. The smallest absolute Gasteiger partial charge is 0.317 e. The second-order valence-electron chi connectivity index (χ2n) is 9.04. The van der Waals surface area contributed by atoms with Crippen molar-refractivity contribution in [3.8, 4) is 5.75 Å². The number of hydrogen-bond donors (Lipinski definition) is 2. The van der Waals surface area contributed by atoms with Gasteiger partial charge in [-0.15, -0.1) is 0 Å². The van der Waals surface area contributed by atoms with Crippen molar-refractivity contribution in [1.29, 1.82) is 0 Å². The highest BCUT2D eigenvalue weighted by atomic mass is 19.1. The van der Waals surface area contributed by atoms with Crippen LogP contribution in [0.2, 0.25) is 0 Å². The zero-order chi connectivity index (χ0) is 24.0. The Hall–Kier alpha value is -3.09. The van der Waals surface area contributed by atoms with Gasteiger partial charge in [0.1, 0.15) is 11.6 Å². The van der Waals surface area contributed by atoms with E-state index in [0.29, 0.717) is 38.0 Å². The summed E-state index contributed by atoms with van der Waals surface area (Å²) < 4.78 is 19.0. The van der Waals surface area contributed by atoms with Crippen molar-refractivity contribution in [2.45, 2.75) is 45.6 Å². The number of nitrogens with zero attached hydrogens (tertiary/aromatic N) is 1. The predicted molar refractivity (Wildman–Crippen MR) is 127 cm³/mol. The number of carbonyl (C=O) groups excluding carboxylic acids is 2. The van der Waals surface area contributed by atoms with Gasteiger partial charge < -0.3 is 20.3 Å². The normalized spacial score (nSPS) is 18.2. The van der Waals surface area contributed by atoms with Gasteiger partial charge in [0.25, 0.3) is 0 Å². The summed E-state index contributed by atoms with van der Waals surface area (Å²) in [6.45, 7) is 6.93. The molecule has 2 aromatic carbocycles. The lowest BCUT2D eigenvalue weighted by molar-refractivity contribution is -0.126. The van der Waals surface area contributed by atoms with Crippen LogP contribution in [0.3, 0.4) is 0 Å². The van der Waals surface area contributed by atoms with Crippen molar-refractivity contribution in [3.05, 3.63) is 65.0 Å². The van der Waals surface area contributed by atoms with Gasteiger partial charge in [0.15, 0.2) is 0 Å². The second-order valence-corrected chi connectivity index (χ2v) is 9.04. The molecule has 1 fully saturated rings. The molecule has 0 radical (unpaired) electrons. The van der Waals surface area contributed by atoms with Gasteiger partial charge in [0.2, 0.25) is 5.91 Å². The minimum absolute atomic E-state index is 0.00251. The van der Waals surface area contributed by atoms with E-state index in [-0.39, 0.29) is 35.6 Å². The third-order valence-electron chi connectivity index (χ3n) is 6.05. The largest absolute Gasteiger partial charge is 0.497 e. The quantitative estimate of drug-likeness (QED) is 0.662. The van der Waals surface area contributed by atoms with Gasteiger partial charge in [-0.25, -0.2) is 9.18 Å². The number of nitrogens with one attached hydrogen (secondary N) is 2. The number of methoxy groups -OCH3 is 1. The number of amides is 3. The van der Waals surface area contributed by atoms with Crippen molar-refractivity contribution in [3.63, 3.8) is 0 Å². The maximum Gasteiger partial charge on any atom is 0.317 e. The van der Waals surface area contributed by atoms with Crippen LogP contribution in [-0.4, -0.2) is 49.6 Å². The fourth-order valence-electron chi connectivity index (χ4n) is 4.22. The highest BCUT2D eigenvalue weighted by Gasteiger charge is 2.34. The molecule has 2 N–H and O–H groups in total. The van der Waals surface area contributed by atoms with E-state index in [1.165, 1.54) is 6.07 Å². The lowest BCUT2D eigenvalue weighted by Gasteiger charge is -2.38. The van der Waals surface area contributed by atoms with Gasteiger partial charge in [0.05, 0.1) is 13.0 Å². The molecule has 3 rings (SSSR count). The van der Waals surface area contributed by atoms with Crippen LogP contribution in [0.25, 0.3) is 0 Å². The summed E-state index contributed by atoms with van der Waals surface area (Å²) in [5, 5.41) is 5.96. The predicted octanol–water partition coefficient (Wildman–Crippen LogP) is 4.03. The van der Waals surface area contributed by atoms with Gasteiger partial charge in [-0.3, -0.25) is 4.79 Å². The average Bonchev–Trinajstić information content (AvgIpc) is 2.80. The minimum Gasteiger partial charge on any atom is -0.497 e. The Bertz CT molecular complexity index is 962. The fourth-order valence-corrected chi connectivity index (χ4v) is 4.22. The van der Waals surface area contributed by atoms with Gasteiger partial charge in [-0.2, -0.15) is 0 Å². The summed E-state index contributed by atoms with van der Waals surface area (Å²) >= 11 is 0. The van der Waals surface area contributed by atoms with Gasteiger partial charge in [0, 0.05) is 31.6 Å². The SMILES string of the molecule is COc1ccc(CCNC(=O)[C@@H]2C[C@@H](c3ccc(F)c(C)c3)CN(C(=O)NC(C)C)C2)cc1. The number of piperidine rings is 1. The van der Waals surface area contributed by atoms with Crippen LogP contribution in [0, 0.1) is 18.7 Å². The van der Waals surface area contributed by atoms with Crippen molar-refractivity contribution in [2.24, 2.45) is 5.92 Å². The molecular formula is C26H34FN3O3. The minimum atomic E-state index is -0.331. The van der Waals surface area contributed by atoms with Crippen molar-refractivity contribution < 1.29 is 18.7 Å². The first-order chi connectivity index (χ1) is 15.8. The molecule has 2 aromatic rings. The maximum absolute atomic E-state index is 13.8. The second kappa shape index (κ2) is 11.2. The number of benzene rings is 2. The standard InChI is InChI=1S/C26H34FN3O3/c1-17(2)29-26(32)30-15-21(20-7-10-24(27)18(3)13-20)14-22(16-30)25(31)28-12-11-19-5-8-23(33-4)9-6-19/h5-10,13,17,21-22H,11-12,14-16H2,1-4H3,(H,28,31)(H,29,32)/t21-,22-/m1/s1. The molecule has 33 heavy (non-hydrogen) atoms. The Morgan fingerprint density at radius 2 is 1.88 bits per heavy atom. The molecule has 0 spiro atoms. The van der Waals surface area contributed by atoms with Gasteiger partial charge in [-0.1, -0.05) is 24.3 Å². The lowest BCUT2D eigenvalue weighted by atomic mass is 9.83. The summed E-state index contributed by atoms with van der Waals surface area (Å²) in [5.41, 5.74) is 2.63. The fraction of sp³-hybridized carbons (Fsp3) is 0.462. The molecule has 1 saturated heterocycles. The summed E-state index contributed by atoms with van der Waals surface area (Å²) in [6.07, 6.45) is 1.32. The number of ether oxygens (including phenoxy) is 1. The van der Waals surface area contributed by atoms with E-state index in [4.69, 9.17) is 4.74 Å². The first-order valence-electron chi connectivity index (χ1n) is 11.5. The molecule has 0 aromatic heterocycles. The molecular weight excluding hydrogens is 421 g/mol. The van der Waals surface area contributed by atoms with Crippen molar-refractivity contribution >= 4 is 11.9 Å². The molecule has 3 amide bonds. The summed E-state index contributed by atoms with van der Waals surface area (Å²) in [5.74, 6) is 0.120. The molecule has 0 bridgehead atoms. The molecule has 0 unspecified atom stereocenters. The van der Waals surface area contributed by atoms with E-state index >= 15 is 0 Å². The van der Waals surface area contributed by atoms with E-state index in [1.54, 1.807) is 25.0 Å². The van der Waals surface area contributed by atoms with E-state index in [9.17, 15) is 14.0 Å². The van der Waals surface area contributed by atoms with E-state index in [1.807, 2.05) is 44.2 Å². The summed E-state index contributed by atoms with van der Waals surface area (Å²) in [4.78, 5) is 27.5. The Morgan fingerprint density at radius 3 is 2.52 bits per heavy atom. The average molecular weight is 456 g/mol. The summed E-state index contributed by atoms with van der Waals surface area (Å²) in [6, 6.07) is 12.6. The van der Waals surface area contributed by atoms with Crippen LogP contribution in [0.1, 0.15) is 42.9 Å². The first kappa shape index (κ1) is 24.6. The Labute approximate surface area is 195 Å². The highest BCUT2D eigenvalue weighted by Crippen LogP contribution is 2.31. The Kier molecular flexibility index (Phi) is 8.31. The van der Waals surface area contributed by atoms with Gasteiger partial charge in [-0.05, 0) is 68.5 Å². The zero-order valence-corrected chi connectivity index (χ0v) is 19.9. The van der Waals surface area contributed by atoms with Crippen LogP contribution >= 0.6 is 0 Å². The van der Waals surface area contributed by atoms with Crippen LogP contribution in [0.4, 0.5) is 9.18 Å². The Balaban J connectivity index is 1.67. The highest BCUT2D eigenvalue weighted by molar-refractivity contribution is 5.81. The molecule has 7 heteroatoms. The third-order valence-corrected chi connectivity index (χ3v) is 6.05. The van der Waals surface area contributed by atoms with Crippen LogP contribution in [0.5, 0.6) is 5.75 Å².